The van der Waals surface area contributed by atoms with Crippen LogP contribution in [-0.2, 0) is 4.79 Å². The number of aromatic nitrogens is 2. The molecule has 124 valence electrons. The Labute approximate surface area is 131 Å². The summed E-state index contributed by atoms with van der Waals surface area (Å²) in [7, 11) is 0. The Kier molecular flexibility index (Phi) is 5.96. The van der Waals surface area contributed by atoms with Crippen molar-refractivity contribution in [3.63, 3.8) is 0 Å². The van der Waals surface area contributed by atoms with Crippen molar-refractivity contribution >= 4 is 17.8 Å². The lowest BCUT2D eigenvalue weighted by Crippen LogP contribution is -2.45. The smallest absolute Gasteiger partial charge is 0.320 e. The number of rotatable bonds is 7. The lowest BCUT2D eigenvalue weighted by Gasteiger charge is -2.25. The van der Waals surface area contributed by atoms with Gasteiger partial charge >= 0.3 is 12.0 Å². The number of carbonyl (C=O) groups excluding carboxylic acids is 1. The molecule has 0 fully saturated rings. The molecular formula is C15H26N4O3. The Morgan fingerprint density at radius 1 is 1.45 bits per heavy atom. The Morgan fingerprint density at radius 2 is 2.09 bits per heavy atom. The van der Waals surface area contributed by atoms with Crippen LogP contribution in [0.2, 0.25) is 0 Å². The lowest BCUT2D eigenvalue weighted by atomic mass is 9.99. The highest BCUT2D eigenvalue weighted by Crippen LogP contribution is 2.17. The van der Waals surface area contributed by atoms with E-state index in [9.17, 15) is 9.59 Å². The van der Waals surface area contributed by atoms with Crippen molar-refractivity contribution in [1.29, 1.82) is 0 Å². The fourth-order valence-electron chi connectivity index (χ4n) is 2.10. The number of urea groups is 1. The number of carboxylic acid groups (broad SMARTS) is 1. The van der Waals surface area contributed by atoms with Crippen molar-refractivity contribution in [2.24, 2.45) is 0 Å². The summed E-state index contributed by atoms with van der Waals surface area (Å²) in [6.45, 7) is 9.67. The highest BCUT2D eigenvalue weighted by Gasteiger charge is 2.22. The van der Waals surface area contributed by atoms with Gasteiger partial charge in [-0.25, -0.2) is 4.79 Å². The van der Waals surface area contributed by atoms with Gasteiger partial charge in [0.2, 0.25) is 0 Å². The van der Waals surface area contributed by atoms with Gasteiger partial charge < -0.3 is 10.4 Å². The molecule has 1 rings (SSSR count). The molecule has 2 amide bonds. The van der Waals surface area contributed by atoms with Gasteiger partial charge in [-0.05, 0) is 40.5 Å². The van der Waals surface area contributed by atoms with Gasteiger partial charge in [-0.2, -0.15) is 5.10 Å². The van der Waals surface area contributed by atoms with Crippen LogP contribution in [0.1, 0.15) is 58.7 Å². The van der Waals surface area contributed by atoms with Gasteiger partial charge in [-0.1, -0.05) is 6.92 Å². The van der Waals surface area contributed by atoms with Crippen molar-refractivity contribution in [3.05, 3.63) is 11.8 Å². The number of aryl methyl sites for hydroxylation is 1. The summed E-state index contributed by atoms with van der Waals surface area (Å²) in [5, 5.41) is 18.6. The third-order valence-corrected chi connectivity index (χ3v) is 3.59. The second kappa shape index (κ2) is 7.29. The topological polar surface area (TPSA) is 96.3 Å². The minimum absolute atomic E-state index is 0.00896. The van der Waals surface area contributed by atoms with Gasteiger partial charge in [0.15, 0.2) is 5.82 Å². The molecule has 0 aromatic carbocycles. The molecule has 1 heterocycles. The number of carbonyl (C=O) groups is 2. The number of nitrogens with zero attached hydrogens (tertiary/aromatic N) is 2. The van der Waals surface area contributed by atoms with Crippen molar-refractivity contribution in [2.75, 3.05) is 5.32 Å². The molecule has 3 N–H and O–H groups in total. The predicted octanol–water partition coefficient (Wildman–Crippen LogP) is 2.93. The van der Waals surface area contributed by atoms with Gasteiger partial charge in [0, 0.05) is 29.8 Å². The largest absolute Gasteiger partial charge is 0.481 e. The van der Waals surface area contributed by atoms with Gasteiger partial charge in [0.25, 0.3) is 0 Å². The number of amides is 2. The number of carboxylic acids is 1. The van der Waals surface area contributed by atoms with E-state index in [2.05, 4.69) is 29.6 Å². The SMILES string of the molecule is CCC(C)n1nc(NC(=O)NC(C)(C)CCC(=O)O)cc1C. The molecule has 0 spiro atoms. The molecule has 0 saturated carbocycles. The summed E-state index contributed by atoms with van der Waals surface area (Å²) < 4.78 is 1.88. The minimum Gasteiger partial charge on any atom is -0.481 e. The third-order valence-electron chi connectivity index (χ3n) is 3.59. The van der Waals surface area contributed by atoms with Gasteiger partial charge in [0.05, 0.1) is 0 Å². The number of hydrogen-bond acceptors (Lipinski definition) is 3. The zero-order valence-corrected chi connectivity index (χ0v) is 13.9. The Hall–Kier alpha value is -2.05. The van der Waals surface area contributed by atoms with Crippen LogP contribution in [-0.4, -0.2) is 32.4 Å². The molecule has 0 aliphatic carbocycles. The molecule has 0 saturated heterocycles. The Balaban J connectivity index is 2.63. The first-order chi connectivity index (χ1) is 10.1. The summed E-state index contributed by atoms with van der Waals surface area (Å²) in [5.41, 5.74) is 0.381. The third kappa shape index (κ3) is 5.38. The molecule has 0 radical (unpaired) electrons. The van der Waals surface area contributed by atoms with Crippen LogP contribution in [0.15, 0.2) is 6.07 Å². The molecule has 0 aliphatic heterocycles. The van der Waals surface area contributed by atoms with E-state index in [0.717, 1.165) is 12.1 Å². The van der Waals surface area contributed by atoms with E-state index in [1.165, 1.54) is 0 Å². The zero-order valence-electron chi connectivity index (χ0n) is 13.9. The molecule has 1 aromatic rings. The maximum atomic E-state index is 12.0. The molecule has 1 aromatic heterocycles. The maximum absolute atomic E-state index is 12.0. The normalized spacial score (nSPS) is 12.8. The summed E-state index contributed by atoms with van der Waals surface area (Å²) >= 11 is 0. The first-order valence-electron chi connectivity index (χ1n) is 7.51. The second-order valence-corrected chi connectivity index (χ2v) is 6.23. The number of nitrogens with one attached hydrogen (secondary N) is 2. The molecule has 0 bridgehead atoms. The van der Waals surface area contributed by atoms with Crippen molar-refractivity contribution in [3.8, 4) is 0 Å². The molecule has 22 heavy (non-hydrogen) atoms. The maximum Gasteiger partial charge on any atom is 0.320 e. The number of anilines is 1. The van der Waals surface area contributed by atoms with Crippen LogP contribution in [0.25, 0.3) is 0 Å². The number of aliphatic carboxylic acids is 1. The van der Waals surface area contributed by atoms with Crippen LogP contribution < -0.4 is 10.6 Å². The minimum atomic E-state index is -0.877. The van der Waals surface area contributed by atoms with E-state index in [4.69, 9.17) is 5.11 Å². The van der Waals surface area contributed by atoms with Gasteiger partial charge in [-0.3, -0.25) is 14.8 Å². The summed E-state index contributed by atoms with van der Waals surface area (Å²) in [6, 6.07) is 1.70. The quantitative estimate of drug-likeness (QED) is 0.721. The van der Waals surface area contributed by atoms with Crippen LogP contribution in [0, 0.1) is 6.92 Å². The molecule has 7 heteroatoms. The van der Waals surface area contributed by atoms with Crippen LogP contribution in [0.5, 0.6) is 0 Å². The van der Waals surface area contributed by atoms with E-state index >= 15 is 0 Å². The summed E-state index contributed by atoms with van der Waals surface area (Å²) in [4.78, 5) is 22.6. The second-order valence-electron chi connectivity index (χ2n) is 6.23. The highest BCUT2D eigenvalue weighted by atomic mass is 16.4. The fourth-order valence-corrected chi connectivity index (χ4v) is 2.10. The molecular weight excluding hydrogens is 284 g/mol. The van der Waals surface area contributed by atoms with Crippen LogP contribution in [0.3, 0.4) is 0 Å². The Morgan fingerprint density at radius 3 is 2.64 bits per heavy atom. The van der Waals surface area contributed by atoms with Crippen molar-refractivity contribution in [1.82, 2.24) is 15.1 Å². The van der Waals surface area contributed by atoms with Crippen LogP contribution >= 0.6 is 0 Å². The molecule has 7 nitrogen and oxygen atoms in total. The lowest BCUT2D eigenvalue weighted by molar-refractivity contribution is -0.137. The summed E-state index contributed by atoms with van der Waals surface area (Å²) in [5.74, 6) is -0.387. The average molecular weight is 310 g/mol. The monoisotopic (exact) mass is 310 g/mol. The highest BCUT2D eigenvalue weighted by molar-refractivity contribution is 5.88. The standard InChI is InChI=1S/C15H26N4O3/c1-6-10(2)19-11(3)9-12(18-19)16-14(22)17-15(4,5)8-7-13(20)21/h9-10H,6-8H2,1-5H3,(H,20,21)(H2,16,17,18,22). The molecule has 1 unspecified atom stereocenters. The predicted molar refractivity (Wildman–Crippen MR) is 85.1 cm³/mol. The van der Waals surface area contributed by atoms with E-state index in [0.29, 0.717) is 12.2 Å². The average Bonchev–Trinajstić information content (AvgIpc) is 2.75. The summed E-state index contributed by atoms with van der Waals surface area (Å²) in [6.07, 6.45) is 1.32. The first-order valence-corrected chi connectivity index (χ1v) is 7.51. The first kappa shape index (κ1) is 18.0. The fraction of sp³-hybridized carbons (Fsp3) is 0.667. The van der Waals surface area contributed by atoms with Gasteiger partial charge in [0.1, 0.15) is 0 Å². The van der Waals surface area contributed by atoms with E-state index in [1.807, 2.05) is 17.7 Å². The van der Waals surface area contributed by atoms with Crippen molar-refractivity contribution in [2.45, 2.75) is 65.5 Å². The van der Waals surface area contributed by atoms with E-state index < -0.39 is 11.5 Å². The molecule has 1 atom stereocenters. The number of hydrogen-bond donors (Lipinski definition) is 3. The van der Waals surface area contributed by atoms with Gasteiger partial charge in [-0.15, -0.1) is 0 Å². The van der Waals surface area contributed by atoms with Crippen molar-refractivity contribution < 1.29 is 14.7 Å². The molecule has 0 aliphatic rings. The van der Waals surface area contributed by atoms with E-state index in [-0.39, 0.29) is 18.5 Å². The Bertz CT molecular complexity index is 537. The van der Waals surface area contributed by atoms with Crippen LogP contribution in [0.4, 0.5) is 10.6 Å². The van der Waals surface area contributed by atoms with E-state index in [1.54, 1.807) is 13.8 Å². The zero-order chi connectivity index (χ0) is 16.9.